The lowest BCUT2D eigenvalue weighted by Gasteiger charge is -2.11. The van der Waals surface area contributed by atoms with Crippen molar-refractivity contribution in [3.05, 3.63) is 28.2 Å². The Balaban J connectivity index is 2.51. The maximum Gasteiger partial charge on any atom is 0.176 e. The molecule has 0 aliphatic carbocycles. The van der Waals surface area contributed by atoms with Crippen LogP contribution in [0.4, 0.5) is 0 Å². The minimum absolute atomic E-state index is 0.111. The van der Waals surface area contributed by atoms with Gasteiger partial charge in [0.1, 0.15) is 18.2 Å². The molecule has 0 fully saturated rings. The van der Waals surface area contributed by atoms with Crippen LogP contribution in [0.1, 0.15) is 0 Å². The van der Waals surface area contributed by atoms with E-state index in [1.807, 2.05) is 0 Å². The van der Waals surface area contributed by atoms with Crippen LogP contribution in [-0.4, -0.2) is 39.5 Å². The summed E-state index contributed by atoms with van der Waals surface area (Å²) in [5.41, 5.74) is 5.71. The smallest absolute Gasteiger partial charge is 0.176 e. The molecule has 0 aliphatic heterocycles. The van der Waals surface area contributed by atoms with Crippen molar-refractivity contribution in [2.75, 3.05) is 27.4 Å². The fraction of sp³-hybridized carbons (Fsp3) is 0.417. The molecule has 0 unspecified atom stereocenters. The number of hydrogen-bond donors (Lipinski definition) is 1. The van der Waals surface area contributed by atoms with Crippen LogP contribution in [0.2, 0.25) is 10.0 Å². The van der Waals surface area contributed by atoms with E-state index in [0.717, 1.165) is 0 Å². The zero-order chi connectivity index (χ0) is 14.3. The van der Waals surface area contributed by atoms with Gasteiger partial charge in [-0.25, -0.2) is 0 Å². The van der Waals surface area contributed by atoms with Gasteiger partial charge in [0.05, 0.1) is 11.6 Å². The number of amidine groups is 1. The highest BCUT2D eigenvalue weighted by atomic mass is 35.5. The maximum absolute atomic E-state index is 5.95. The van der Waals surface area contributed by atoms with E-state index in [9.17, 15) is 0 Å². The van der Waals surface area contributed by atoms with E-state index >= 15 is 0 Å². The molecule has 0 saturated heterocycles. The molecular weight excluding hydrogens is 291 g/mol. The van der Waals surface area contributed by atoms with Crippen LogP contribution in [0.5, 0.6) is 5.75 Å². The van der Waals surface area contributed by atoms with Crippen LogP contribution in [0, 0.1) is 0 Å². The van der Waals surface area contributed by atoms with Gasteiger partial charge in [0.15, 0.2) is 6.29 Å². The van der Waals surface area contributed by atoms with Crippen LogP contribution < -0.4 is 10.5 Å². The van der Waals surface area contributed by atoms with Gasteiger partial charge in [-0.1, -0.05) is 23.2 Å². The fourth-order valence-corrected chi connectivity index (χ4v) is 1.56. The van der Waals surface area contributed by atoms with Gasteiger partial charge in [0.2, 0.25) is 0 Å². The van der Waals surface area contributed by atoms with Crippen molar-refractivity contribution in [2.24, 2.45) is 10.7 Å². The number of rotatable bonds is 7. The predicted molar refractivity (Wildman–Crippen MR) is 76.3 cm³/mol. The summed E-state index contributed by atoms with van der Waals surface area (Å²) < 4.78 is 15.4. The molecule has 19 heavy (non-hydrogen) atoms. The minimum Gasteiger partial charge on any atom is -0.484 e. The van der Waals surface area contributed by atoms with Crippen LogP contribution >= 0.6 is 23.2 Å². The molecule has 0 heterocycles. The molecule has 1 aromatic carbocycles. The fourth-order valence-electron chi connectivity index (χ4n) is 1.22. The predicted octanol–water partition coefficient (Wildman–Crippen LogP) is 2.35. The lowest BCUT2D eigenvalue weighted by Crippen LogP contribution is -2.25. The highest BCUT2D eigenvalue weighted by Gasteiger charge is 2.06. The van der Waals surface area contributed by atoms with E-state index in [1.54, 1.807) is 18.2 Å². The number of hydrogen-bond acceptors (Lipinski definition) is 4. The highest BCUT2D eigenvalue weighted by Crippen LogP contribution is 2.27. The number of nitrogens with zero attached hydrogens (tertiary/aromatic N) is 1. The van der Waals surface area contributed by atoms with Crippen molar-refractivity contribution in [2.45, 2.75) is 6.29 Å². The third-order valence-electron chi connectivity index (χ3n) is 2.24. The molecule has 7 heteroatoms. The first-order chi connectivity index (χ1) is 9.06. The Kier molecular flexibility index (Phi) is 6.94. The SMILES string of the molecule is COC(CN=C(N)COc1cc(Cl)ccc1Cl)OC. The highest BCUT2D eigenvalue weighted by molar-refractivity contribution is 6.34. The summed E-state index contributed by atoms with van der Waals surface area (Å²) in [6, 6.07) is 4.94. The summed E-state index contributed by atoms with van der Waals surface area (Å²) in [6.45, 7) is 0.408. The Morgan fingerprint density at radius 2 is 2.00 bits per heavy atom. The number of methoxy groups -OCH3 is 2. The van der Waals surface area contributed by atoms with Gasteiger partial charge < -0.3 is 19.9 Å². The summed E-state index contributed by atoms with van der Waals surface area (Å²) in [5, 5.41) is 0.998. The molecule has 106 valence electrons. The van der Waals surface area contributed by atoms with Gasteiger partial charge in [0.25, 0.3) is 0 Å². The zero-order valence-electron chi connectivity index (χ0n) is 10.7. The van der Waals surface area contributed by atoms with Crippen LogP contribution in [0.25, 0.3) is 0 Å². The van der Waals surface area contributed by atoms with Gasteiger partial charge in [-0.05, 0) is 12.1 Å². The van der Waals surface area contributed by atoms with Crippen molar-refractivity contribution in [3.63, 3.8) is 0 Å². The molecular formula is C12H16Cl2N2O3. The molecule has 0 radical (unpaired) electrons. The van der Waals surface area contributed by atoms with E-state index in [4.69, 9.17) is 43.1 Å². The summed E-state index contributed by atoms with van der Waals surface area (Å²) in [5.74, 6) is 0.775. The maximum atomic E-state index is 5.95. The number of halogens is 2. The Hall–Kier alpha value is -1.01. The van der Waals surface area contributed by atoms with Crippen molar-refractivity contribution in [1.82, 2.24) is 0 Å². The van der Waals surface area contributed by atoms with Gasteiger partial charge >= 0.3 is 0 Å². The summed E-state index contributed by atoms with van der Waals surface area (Å²) >= 11 is 11.8. The monoisotopic (exact) mass is 306 g/mol. The van der Waals surface area contributed by atoms with E-state index in [2.05, 4.69) is 4.99 Å². The first-order valence-corrected chi connectivity index (χ1v) is 6.24. The van der Waals surface area contributed by atoms with E-state index in [-0.39, 0.29) is 6.61 Å². The van der Waals surface area contributed by atoms with E-state index in [0.29, 0.717) is 28.2 Å². The lowest BCUT2D eigenvalue weighted by molar-refractivity contribution is -0.0937. The minimum atomic E-state index is -0.423. The van der Waals surface area contributed by atoms with Crippen molar-refractivity contribution in [1.29, 1.82) is 0 Å². The second kappa shape index (κ2) is 8.22. The molecule has 1 aromatic rings. The van der Waals surface area contributed by atoms with Gasteiger partial charge in [0, 0.05) is 25.3 Å². The van der Waals surface area contributed by atoms with Crippen LogP contribution in [0.3, 0.4) is 0 Å². The second-order valence-corrected chi connectivity index (χ2v) is 4.44. The summed E-state index contributed by atoms with van der Waals surface area (Å²) in [7, 11) is 3.06. The molecule has 1 rings (SSSR count). The van der Waals surface area contributed by atoms with Crippen molar-refractivity contribution in [3.8, 4) is 5.75 Å². The number of nitrogens with two attached hydrogens (primary N) is 1. The van der Waals surface area contributed by atoms with Gasteiger partial charge in [-0.3, -0.25) is 4.99 Å². The summed E-state index contributed by atoms with van der Waals surface area (Å²) in [4.78, 5) is 4.08. The molecule has 0 bridgehead atoms. The van der Waals surface area contributed by atoms with Gasteiger partial charge in [-0.2, -0.15) is 0 Å². The molecule has 0 amide bonds. The largest absolute Gasteiger partial charge is 0.484 e. The molecule has 0 aliphatic rings. The Labute approximate surface area is 122 Å². The van der Waals surface area contributed by atoms with Crippen LogP contribution in [-0.2, 0) is 9.47 Å². The third kappa shape index (κ3) is 5.65. The number of benzene rings is 1. The topological polar surface area (TPSA) is 66.1 Å². The number of aliphatic imine (C=N–C) groups is 1. The van der Waals surface area contributed by atoms with Crippen molar-refractivity contribution >= 4 is 29.0 Å². The Morgan fingerprint density at radius 3 is 2.63 bits per heavy atom. The van der Waals surface area contributed by atoms with Crippen molar-refractivity contribution < 1.29 is 14.2 Å². The van der Waals surface area contributed by atoms with Gasteiger partial charge in [-0.15, -0.1) is 0 Å². The third-order valence-corrected chi connectivity index (χ3v) is 2.79. The lowest BCUT2D eigenvalue weighted by atomic mass is 10.3. The van der Waals surface area contributed by atoms with E-state index in [1.165, 1.54) is 14.2 Å². The molecule has 0 aromatic heterocycles. The molecule has 2 N–H and O–H groups in total. The average Bonchev–Trinajstić information content (AvgIpc) is 2.41. The normalized spacial score (nSPS) is 11.9. The molecule has 0 atom stereocenters. The molecule has 0 spiro atoms. The number of ether oxygens (including phenoxy) is 3. The average molecular weight is 307 g/mol. The first-order valence-electron chi connectivity index (χ1n) is 5.49. The zero-order valence-corrected chi connectivity index (χ0v) is 12.2. The quantitative estimate of drug-likeness (QED) is 0.477. The first kappa shape index (κ1) is 16.0. The Bertz CT molecular complexity index is 437. The van der Waals surface area contributed by atoms with E-state index < -0.39 is 6.29 Å². The Morgan fingerprint density at radius 1 is 1.32 bits per heavy atom. The second-order valence-electron chi connectivity index (χ2n) is 3.60. The molecule has 5 nitrogen and oxygen atoms in total. The molecule has 0 saturated carbocycles. The van der Waals surface area contributed by atoms with Crippen LogP contribution in [0.15, 0.2) is 23.2 Å². The standard InChI is InChI=1S/C12H16Cl2N2O3/c1-17-12(18-2)6-16-11(15)7-19-10-5-8(13)3-4-9(10)14/h3-5,12H,6-7H2,1-2H3,(H2,15,16). The summed E-state index contributed by atoms with van der Waals surface area (Å²) in [6.07, 6.45) is -0.423.